The van der Waals surface area contributed by atoms with Gasteiger partial charge >= 0.3 is 0 Å². The molecule has 2 nitrogen and oxygen atoms in total. The van der Waals surface area contributed by atoms with Crippen molar-refractivity contribution in [3.8, 4) is 0 Å². The quantitative estimate of drug-likeness (QED) is 0.518. The zero-order valence-electron chi connectivity index (χ0n) is 12.2. The van der Waals surface area contributed by atoms with Gasteiger partial charge in [0, 0.05) is 33.9 Å². The highest BCUT2D eigenvalue weighted by Gasteiger charge is 2.16. The molecule has 0 amide bonds. The number of benzene rings is 3. The van der Waals surface area contributed by atoms with Crippen LogP contribution in [-0.4, -0.2) is 9.11 Å². The van der Waals surface area contributed by atoms with Crippen molar-refractivity contribution in [1.82, 2.24) is 0 Å². The van der Waals surface area contributed by atoms with Gasteiger partial charge < -0.3 is 9.11 Å². The summed E-state index contributed by atoms with van der Waals surface area (Å²) in [6.07, 6.45) is 0. The van der Waals surface area contributed by atoms with Crippen molar-refractivity contribution >= 4 is 47.9 Å². The van der Waals surface area contributed by atoms with Gasteiger partial charge in [0.25, 0.3) is 0 Å². The van der Waals surface area contributed by atoms with Crippen LogP contribution >= 0.6 is 32.0 Å². The van der Waals surface area contributed by atoms with Gasteiger partial charge in [-0.25, -0.2) is 0 Å². The van der Waals surface area contributed by atoms with Crippen LogP contribution in [0.4, 0.5) is 0 Å². The van der Waals surface area contributed by atoms with E-state index in [1.54, 1.807) is 0 Å². The average molecular weight is 358 g/mol. The second kappa shape index (κ2) is 8.00. The van der Waals surface area contributed by atoms with Crippen LogP contribution < -0.4 is 15.9 Å². The van der Waals surface area contributed by atoms with E-state index in [2.05, 4.69) is 48.5 Å². The minimum Gasteiger partial charge on any atom is -0.325 e. The molecular weight excluding hydrogens is 343 g/mol. The zero-order valence-corrected chi connectivity index (χ0v) is 14.7. The number of hydrogen-bond donors (Lipinski definition) is 2. The van der Waals surface area contributed by atoms with Gasteiger partial charge in [0.1, 0.15) is 0 Å². The Morgan fingerprint density at radius 3 is 1.30 bits per heavy atom. The van der Waals surface area contributed by atoms with Gasteiger partial charge in [-0.3, -0.25) is 0 Å². The standard InChI is InChI=1S/C18H15O2PS2/c19-22-17-10-6-15(7-11-17)21(14-4-2-1-3-5-14)16-8-12-18(23-20)13-9-16/h1-13,19-20H. The molecular formula is C18H15O2PS2. The second-order valence-corrected chi connectivity index (χ2v) is 8.37. The SMILES string of the molecule is OSc1ccc(P(c2ccccc2)c2ccc(SO)cc2)cc1. The fourth-order valence-electron chi connectivity index (χ4n) is 2.34. The Labute approximate surface area is 145 Å². The van der Waals surface area contributed by atoms with Crippen LogP contribution in [0, 0.1) is 0 Å². The molecule has 5 heteroatoms. The average Bonchev–Trinajstić information content (AvgIpc) is 2.64. The van der Waals surface area contributed by atoms with Crippen LogP contribution in [0.3, 0.4) is 0 Å². The van der Waals surface area contributed by atoms with Gasteiger partial charge in [-0.15, -0.1) is 0 Å². The molecule has 116 valence electrons. The summed E-state index contributed by atoms with van der Waals surface area (Å²) in [5, 5.41) is 3.73. The smallest absolute Gasteiger partial charge is 0.0351 e. The predicted octanol–water partition coefficient (Wildman–Crippen LogP) is 4.58. The van der Waals surface area contributed by atoms with E-state index in [0.717, 1.165) is 33.9 Å². The van der Waals surface area contributed by atoms with E-state index in [1.165, 1.54) is 15.9 Å². The summed E-state index contributed by atoms with van der Waals surface area (Å²) in [6.45, 7) is 0. The molecule has 0 saturated carbocycles. The Morgan fingerprint density at radius 2 is 0.913 bits per heavy atom. The van der Waals surface area contributed by atoms with Crippen LogP contribution in [0.2, 0.25) is 0 Å². The van der Waals surface area contributed by atoms with Crippen molar-refractivity contribution in [3.63, 3.8) is 0 Å². The first-order valence-corrected chi connectivity index (χ1v) is 9.89. The van der Waals surface area contributed by atoms with E-state index in [-0.39, 0.29) is 0 Å². The van der Waals surface area contributed by atoms with E-state index in [9.17, 15) is 0 Å². The largest absolute Gasteiger partial charge is 0.325 e. The lowest BCUT2D eigenvalue weighted by Gasteiger charge is -2.19. The molecule has 23 heavy (non-hydrogen) atoms. The minimum atomic E-state index is -0.663. The fourth-order valence-corrected chi connectivity index (χ4v) is 5.11. The first-order chi connectivity index (χ1) is 11.3. The molecule has 3 rings (SSSR count). The minimum absolute atomic E-state index is 0.663. The Hall–Kier alpha value is -1.29. The van der Waals surface area contributed by atoms with Gasteiger partial charge in [0.15, 0.2) is 0 Å². The van der Waals surface area contributed by atoms with Crippen molar-refractivity contribution < 1.29 is 9.11 Å². The van der Waals surface area contributed by atoms with Gasteiger partial charge in [0.2, 0.25) is 0 Å². The van der Waals surface area contributed by atoms with Gasteiger partial charge in [-0.1, -0.05) is 54.6 Å². The van der Waals surface area contributed by atoms with Crippen LogP contribution in [0.15, 0.2) is 88.7 Å². The summed E-state index contributed by atoms with van der Waals surface area (Å²) < 4.78 is 18.3. The summed E-state index contributed by atoms with van der Waals surface area (Å²) in [5.41, 5.74) is 0. The van der Waals surface area contributed by atoms with Crippen LogP contribution in [0.1, 0.15) is 0 Å². The highest BCUT2D eigenvalue weighted by Crippen LogP contribution is 2.33. The lowest BCUT2D eigenvalue weighted by molar-refractivity contribution is 0.663. The molecule has 0 aromatic heterocycles. The van der Waals surface area contributed by atoms with Crippen molar-refractivity contribution in [2.45, 2.75) is 9.79 Å². The molecule has 0 fully saturated rings. The molecule has 0 spiro atoms. The summed E-state index contributed by atoms with van der Waals surface area (Å²) in [7, 11) is -0.663. The first kappa shape index (κ1) is 16.6. The van der Waals surface area contributed by atoms with Crippen molar-refractivity contribution in [2.75, 3.05) is 0 Å². The third kappa shape index (κ3) is 3.97. The summed E-state index contributed by atoms with van der Waals surface area (Å²) >= 11 is 1.52. The maximum Gasteiger partial charge on any atom is 0.0351 e. The number of hydrogen-bond acceptors (Lipinski definition) is 4. The topological polar surface area (TPSA) is 40.5 Å². The highest BCUT2D eigenvalue weighted by atomic mass is 32.2. The highest BCUT2D eigenvalue weighted by molar-refractivity contribution is 7.94. The molecule has 0 radical (unpaired) electrons. The van der Waals surface area contributed by atoms with Crippen molar-refractivity contribution in [3.05, 3.63) is 78.9 Å². The Morgan fingerprint density at radius 1 is 0.522 bits per heavy atom. The second-order valence-electron chi connectivity index (χ2n) is 4.84. The van der Waals surface area contributed by atoms with E-state index in [0.29, 0.717) is 0 Å². The summed E-state index contributed by atoms with van der Waals surface area (Å²) in [4.78, 5) is 1.67. The lowest BCUT2D eigenvalue weighted by atomic mass is 10.3. The maximum atomic E-state index is 9.15. The predicted molar refractivity (Wildman–Crippen MR) is 102 cm³/mol. The first-order valence-electron chi connectivity index (χ1n) is 7.00. The maximum absolute atomic E-state index is 9.15. The molecule has 0 aliphatic rings. The normalized spacial score (nSPS) is 10.9. The summed E-state index contributed by atoms with van der Waals surface area (Å²) in [6, 6.07) is 26.5. The molecule has 0 atom stereocenters. The van der Waals surface area contributed by atoms with Gasteiger partial charge in [-0.2, -0.15) is 0 Å². The number of rotatable bonds is 5. The molecule has 0 heterocycles. The molecule has 3 aromatic rings. The molecule has 0 aliphatic heterocycles. The monoisotopic (exact) mass is 358 g/mol. The van der Waals surface area contributed by atoms with Crippen LogP contribution in [0.25, 0.3) is 0 Å². The molecule has 3 aromatic carbocycles. The van der Waals surface area contributed by atoms with E-state index < -0.39 is 7.92 Å². The Bertz CT molecular complexity index is 699. The molecule has 0 bridgehead atoms. The zero-order chi connectivity index (χ0) is 16.1. The van der Waals surface area contributed by atoms with Gasteiger partial charge in [0.05, 0.1) is 0 Å². The van der Waals surface area contributed by atoms with Gasteiger partial charge in [-0.05, 0) is 48.1 Å². The third-order valence-corrected chi connectivity index (χ3v) is 6.82. The molecule has 0 saturated heterocycles. The van der Waals surface area contributed by atoms with Crippen LogP contribution in [0.5, 0.6) is 0 Å². The Kier molecular flexibility index (Phi) is 5.76. The molecule has 0 aliphatic carbocycles. The van der Waals surface area contributed by atoms with Crippen LogP contribution in [-0.2, 0) is 0 Å². The third-order valence-electron chi connectivity index (χ3n) is 3.42. The molecule has 2 N–H and O–H groups in total. The van der Waals surface area contributed by atoms with Crippen molar-refractivity contribution in [1.29, 1.82) is 0 Å². The fraction of sp³-hybridized carbons (Fsp3) is 0. The molecule has 0 unspecified atom stereocenters. The van der Waals surface area contributed by atoms with E-state index >= 15 is 0 Å². The lowest BCUT2D eigenvalue weighted by Crippen LogP contribution is -2.20. The van der Waals surface area contributed by atoms with E-state index in [4.69, 9.17) is 9.11 Å². The Balaban J connectivity index is 2.05. The summed E-state index contributed by atoms with van der Waals surface area (Å²) in [5.74, 6) is 0. The van der Waals surface area contributed by atoms with Crippen molar-refractivity contribution in [2.24, 2.45) is 0 Å². The van der Waals surface area contributed by atoms with E-state index in [1.807, 2.05) is 30.3 Å².